The largest absolute Gasteiger partial charge is 0.378 e. The molecule has 2 bridgehead atoms. The van der Waals surface area contributed by atoms with Gasteiger partial charge in [-0.3, -0.25) is 4.90 Å². The van der Waals surface area contributed by atoms with E-state index in [0.29, 0.717) is 6.04 Å². The van der Waals surface area contributed by atoms with Gasteiger partial charge in [-0.2, -0.15) is 0 Å². The van der Waals surface area contributed by atoms with Crippen LogP contribution in [0, 0.1) is 17.8 Å². The molecule has 4 unspecified atom stereocenters. The lowest BCUT2D eigenvalue weighted by Gasteiger charge is -2.37. The van der Waals surface area contributed by atoms with Crippen LogP contribution in [-0.2, 0) is 4.74 Å². The van der Waals surface area contributed by atoms with Crippen molar-refractivity contribution in [2.24, 2.45) is 17.8 Å². The van der Waals surface area contributed by atoms with Gasteiger partial charge in [0.2, 0.25) is 0 Å². The van der Waals surface area contributed by atoms with E-state index in [-0.39, 0.29) is 0 Å². The second kappa shape index (κ2) is 4.83. The van der Waals surface area contributed by atoms with Crippen molar-refractivity contribution in [2.45, 2.75) is 31.7 Å². The maximum absolute atomic E-state index is 6.02. The molecule has 4 atom stereocenters. The maximum Gasteiger partial charge on any atom is 0.0634 e. The van der Waals surface area contributed by atoms with Gasteiger partial charge in [0.15, 0.2) is 0 Å². The lowest BCUT2D eigenvalue weighted by Crippen LogP contribution is -2.48. The predicted octanol–water partition coefficient (Wildman–Crippen LogP) is 2.36. The zero-order valence-corrected chi connectivity index (χ0v) is 10.7. The molecule has 0 radical (unpaired) electrons. The zero-order valence-electron chi connectivity index (χ0n) is 9.91. The number of ether oxygens (including phenoxy) is 1. The van der Waals surface area contributed by atoms with Crippen molar-refractivity contribution in [3.63, 3.8) is 0 Å². The molecule has 0 aromatic heterocycles. The van der Waals surface area contributed by atoms with Crippen molar-refractivity contribution < 1.29 is 4.74 Å². The molecule has 0 amide bonds. The van der Waals surface area contributed by atoms with E-state index in [1.54, 1.807) is 0 Å². The second-order valence-electron chi connectivity index (χ2n) is 5.81. The monoisotopic (exact) mass is 243 g/mol. The summed E-state index contributed by atoms with van der Waals surface area (Å²) in [6.07, 6.45) is 5.99. The Morgan fingerprint density at radius 3 is 2.88 bits per heavy atom. The molecule has 3 rings (SSSR count). The average Bonchev–Trinajstić information content (AvgIpc) is 2.92. The minimum Gasteiger partial charge on any atom is -0.378 e. The molecule has 0 aromatic carbocycles. The quantitative estimate of drug-likeness (QED) is 0.706. The Labute approximate surface area is 103 Å². The van der Waals surface area contributed by atoms with Crippen LogP contribution in [0.5, 0.6) is 0 Å². The topological polar surface area (TPSA) is 12.5 Å². The molecular formula is C13H22ClNO. The fraction of sp³-hybridized carbons (Fsp3) is 1.00. The van der Waals surface area contributed by atoms with Gasteiger partial charge < -0.3 is 4.74 Å². The zero-order chi connectivity index (χ0) is 11.0. The first-order valence-electron chi connectivity index (χ1n) is 6.74. The van der Waals surface area contributed by atoms with Crippen LogP contribution in [0.4, 0.5) is 0 Å². The number of alkyl halides is 1. The standard InChI is InChI=1S/C13H22ClNO/c14-7-13-9-16-4-3-15(13)8-12-6-10-1-2-11(12)5-10/h10-13H,1-9H2. The molecule has 1 heterocycles. The number of fused-ring (bicyclic) bond motifs is 2. The Bertz CT molecular complexity index is 248. The van der Waals surface area contributed by atoms with Crippen LogP contribution in [0.15, 0.2) is 0 Å². The third-order valence-corrected chi connectivity index (χ3v) is 5.24. The van der Waals surface area contributed by atoms with Gasteiger partial charge in [0, 0.05) is 25.0 Å². The minimum atomic E-state index is 0.467. The summed E-state index contributed by atoms with van der Waals surface area (Å²) in [5.41, 5.74) is 0. The lowest BCUT2D eigenvalue weighted by molar-refractivity contribution is -0.00972. The van der Waals surface area contributed by atoms with Crippen LogP contribution >= 0.6 is 11.6 Å². The molecule has 3 aliphatic rings. The van der Waals surface area contributed by atoms with Crippen molar-refractivity contribution in [2.75, 3.05) is 32.2 Å². The predicted molar refractivity (Wildman–Crippen MR) is 65.8 cm³/mol. The smallest absolute Gasteiger partial charge is 0.0634 e. The fourth-order valence-electron chi connectivity index (χ4n) is 3.97. The SMILES string of the molecule is ClCC1COCCN1CC1CC2CCC1C2. The van der Waals surface area contributed by atoms with Crippen LogP contribution in [0.25, 0.3) is 0 Å². The molecule has 2 saturated carbocycles. The van der Waals surface area contributed by atoms with Crippen molar-refractivity contribution in [1.29, 1.82) is 0 Å². The Morgan fingerprint density at radius 1 is 1.25 bits per heavy atom. The molecule has 2 aliphatic carbocycles. The minimum absolute atomic E-state index is 0.467. The maximum atomic E-state index is 6.02. The first kappa shape index (κ1) is 11.3. The summed E-state index contributed by atoms with van der Waals surface area (Å²) in [5, 5.41) is 0. The van der Waals surface area contributed by atoms with Gasteiger partial charge >= 0.3 is 0 Å². The van der Waals surface area contributed by atoms with Gasteiger partial charge in [0.25, 0.3) is 0 Å². The van der Waals surface area contributed by atoms with Crippen LogP contribution in [0.3, 0.4) is 0 Å². The second-order valence-corrected chi connectivity index (χ2v) is 6.12. The van der Waals surface area contributed by atoms with Crippen molar-refractivity contribution in [3.8, 4) is 0 Å². The first-order valence-corrected chi connectivity index (χ1v) is 7.28. The van der Waals surface area contributed by atoms with E-state index < -0.39 is 0 Å². The molecule has 3 fully saturated rings. The molecular weight excluding hydrogens is 222 g/mol. The van der Waals surface area contributed by atoms with E-state index in [9.17, 15) is 0 Å². The molecule has 16 heavy (non-hydrogen) atoms. The van der Waals surface area contributed by atoms with E-state index in [1.165, 1.54) is 32.2 Å². The summed E-state index contributed by atoms with van der Waals surface area (Å²) in [6.45, 7) is 4.10. The highest BCUT2D eigenvalue weighted by atomic mass is 35.5. The number of rotatable bonds is 3. The summed E-state index contributed by atoms with van der Waals surface area (Å²) < 4.78 is 5.50. The number of nitrogens with zero attached hydrogens (tertiary/aromatic N) is 1. The Hall–Kier alpha value is 0.210. The van der Waals surface area contributed by atoms with E-state index in [2.05, 4.69) is 4.90 Å². The highest BCUT2D eigenvalue weighted by Gasteiger charge is 2.40. The molecule has 0 aromatic rings. The molecule has 1 aliphatic heterocycles. The van der Waals surface area contributed by atoms with Gasteiger partial charge in [-0.15, -0.1) is 11.6 Å². The van der Waals surface area contributed by atoms with E-state index in [4.69, 9.17) is 16.3 Å². The molecule has 0 N–H and O–H groups in total. The van der Waals surface area contributed by atoms with E-state index in [1.807, 2.05) is 0 Å². The molecule has 0 spiro atoms. The van der Waals surface area contributed by atoms with Crippen LogP contribution in [-0.4, -0.2) is 43.1 Å². The van der Waals surface area contributed by atoms with Gasteiger partial charge in [-0.25, -0.2) is 0 Å². The molecule has 3 heteroatoms. The number of hydrogen-bond donors (Lipinski definition) is 0. The third-order valence-electron chi connectivity index (χ3n) is 4.88. The first-order chi connectivity index (χ1) is 7.86. The van der Waals surface area contributed by atoms with Crippen molar-refractivity contribution in [3.05, 3.63) is 0 Å². The highest BCUT2D eigenvalue weighted by Crippen LogP contribution is 2.48. The summed E-state index contributed by atoms with van der Waals surface area (Å²) >= 11 is 6.02. The fourth-order valence-corrected chi connectivity index (χ4v) is 4.26. The summed E-state index contributed by atoms with van der Waals surface area (Å²) in [5.74, 6) is 3.78. The summed E-state index contributed by atoms with van der Waals surface area (Å²) in [7, 11) is 0. The van der Waals surface area contributed by atoms with Gasteiger partial charge in [0.1, 0.15) is 0 Å². The summed E-state index contributed by atoms with van der Waals surface area (Å²) in [6, 6.07) is 0.467. The van der Waals surface area contributed by atoms with E-state index >= 15 is 0 Å². The van der Waals surface area contributed by atoms with Crippen molar-refractivity contribution in [1.82, 2.24) is 4.90 Å². The average molecular weight is 244 g/mol. The lowest BCUT2D eigenvalue weighted by atomic mass is 9.88. The van der Waals surface area contributed by atoms with Gasteiger partial charge in [-0.1, -0.05) is 6.42 Å². The van der Waals surface area contributed by atoms with E-state index in [0.717, 1.165) is 43.4 Å². The normalized spacial score (nSPS) is 44.1. The van der Waals surface area contributed by atoms with Crippen LogP contribution in [0.1, 0.15) is 25.7 Å². The van der Waals surface area contributed by atoms with Gasteiger partial charge in [-0.05, 0) is 37.0 Å². The van der Waals surface area contributed by atoms with Crippen LogP contribution in [0.2, 0.25) is 0 Å². The third kappa shape index (κ3) is 2.12. The van der Waals surface area contributed by atoms with Crippen LogP contribution < -0.4 is 0 Å². The number of hydrogen-bond acceptors (Lipinski definition) is 2. The Morgan fingerprint density at radius 2 is 2.19 bits per heavy atom. The molecule has 2 nitrogen and oxygen atoms in total. The Balaban J connectivity index is 1.56. The molecule has 1 saturated heterocycles. The summed E-state index contributed by atoms with van der Waals surface area (Å²) in [4.78, 5) is 2.59. The molecule has 92 valence electrons. The van der Waals surface area contributed by atoms with Crippen molar-refractivity contribution >= 4 is 11.6 Å². The highest BCUT2D eigenvalue weighted by molar-refractivity contribution is 6.18. The number of morpholine rings is 1. The number of halogens is 1. The Kier molecular flexibility index (Phi) is 3.42. The van der Waals surface area contributed by atoms with Gasteiger partial charge in [0.05, 0.1) is 13.2 Å².